The van der Waals surface area contributed by atoms with E-state index in [0.717, 1.165) is 49.4 Å². The van der Waals surface area contributed by atoms with Crippen LogP contribution in [-0.4, -0.2) is 34.3 Å². The SMILES string of the molecule is CCCc1nc(Cl)c(C)c(N2CCCC2CO)n1. The third kappa shape index (κ3) is 2.59. The predicted molar refractivity (Wildman–Crippen MR) is 73.2 cm³/mol. The molecule has 4 nitrogen and oxygen atoms in total. The lowest BCUT2D eigenvalue weighted by Crippen LogP contribution is -2.33. The topological polar surface area (TPSA) is 49.2 Å². The van der Waals surface area contributed by atoms with E-state index in [2.05, 4.69) is 21.8 Å². The summed E-state index contributed by atoms with van der Waals surface area (Å²) in [5, 5.41) is 9.95. The number of hydrogen-bond acceptors (Lipinski definition) is 4. The van der Waals surface area contributed by atoms with Gasteiger partial charge in [-0.15, -0.1) is 0 Å². The molecule has 1 fully saturated rings. The highest BCUT2D eigenvalue weighted by Gasteiger charge is 2.27. The standard InChI is InChI=1S/C13H20ClN3O/c1-3-5-11-15-12(14)9(2)13(16-11)17-7-4-6-10(17)8-18/h10,18H,3-8H2,1-2H3. The maximum Gasteiger partial charge on any atom is 0.137 e. The van der Waals surface area contributed by atoms with Crippen molar-refractivity contribution in [3.05, 3.63) is 16.5 Å². The number of aliphatic hydroxyl groups is 1. The van der Waals surface area contributed by atoms with Crippen molar-refractivity contribution in [3.8, 4) is 0 Å². The van der Waals surface area contributed by atoms with Gasteiger partial charge in [0.05, 0.1) is 12.6 Å². The molecule has 0 spiro atoms. The summed E-state index contributed by atoms with van der Waals surface area (Å²) in [6.45, 7) is 5.15. The molecule has 1 N–H and O–H groups in total. The molecule has 100 valence electrons. The molecule has 2 heterocycles. The van der Waals surface area contributed by atoms with Gasteiger partial charge in [0.15, 0.2) is 0 Å². The van der Waals surface area contributed by atoms with E-state index >= 15 is 0 Å². The summed E-state index contributed by atoms with van der Waals surface area (Å²) in [5.74, 6) is 1.70. The molecule has 1 aliphatic rings. The van der Waals surface area contributed by atoms with Gasteiger partial charge in [0.1, 0.15) is 16.8 Å². The summed E-state index contributed by atoms with van der Waals surface area (Å²) in [7, 11) is 0. The minimum absolute atomic E-state index is 0.171. The van der Waals surface area contributed by atoms with Gasteiger partial charge in [-0.05, 0) is 26.2 Å². The number of aliphatic hydroxyl groups excluding tert-OH is 1. The second-order valence-electron chi connectivity index (χ2n) is 4.80. The second kappa shape index (κ2) is 5.85. The Morgan fingerprint density at radius 2 is 2.22 bits per heavy atom. The van der Waals surface area contributed by atoms with Gasteiger partial charge in [-0.1, -0.05) is 18.5 Å². The van der Waals surface area contributed by atoms with Crippen molar-refractivity contribution in [1.29, 1.82) is 0 Å². The number of nitrogens with zero attached hydrogens (tertiary/aromatic N) is 3. The first-order valence-electron chi connectivity index (χ1n) is 6.57. The van der Waals surface area contributed by atoms with Gasteiger partial charge < -0.3 is 10.0 Å². The minimum atomic E-state index is 0.171. The highest BCUT2D eigenvalue weighted by atomic mass is 35.5. The van der Waals surface area contributed by atoms with Crippen molar-refractivity contribution in [2.24, 2.45) is 0 Å². The molecule has 0 saturated carbocycles. The van der Waals surface area contributed by atoms with E-state index in [0.29, 0.717) is 5.15 Å². The zero-order valence-corrected chi connectivity index (χ0v) is 11.7. The van der Waals surface area contributed by atoms with Crippen molar-refractivity contribution in [2.75, 3.05) is 18.1 Å². The van der Waals surface area contributed by atoms with E-state index in [1.165, 1.54) is 0 Å². The number of hydrogen-bond donors (Lipinski definition) is 1. The summed E-state index contributed by atoms with van der Waals surface area (Å²) in [4.78, 5) is 11.1. The van der Waals surface area contributed by atoms with Crippen LogP contribution in [0.4, 0.5) is 5.82 Å². The van der Waals surface area contributed by atoms with Gasteiger partial charge >= 0.3 is 0 Å². The maximum atomic E-state index is 9.41. The van der Waals surface area contributed by atoms with E-state index in [-0.39, 0.29) is 12.6 Å². The van der Waals surface area contributed by atoms with Crippen LogP contribution in [-0.2, 0) is 6.42 Å². The Hall–Kier alpha value is -0.870. The maximum absolute atomic E-state index is 9.41. The first-order chi connectivity index (χ1) is 8.67. The van der Waals surface area contributed by atoms with E-state index < -0.39 is 0 Å². The quantitative estimate of drug-likeness (QED) is 0.853. The number of anilines is 1. The number of halogens is 1. The highest BCUT2D eigenvalue weighted by Crippen LogP contribution is 2.29. The Kier molecular flexibility index (Phi) is 4.40. The van der Waals surface area contributed by atoms with Crippen LogP contribution in [0, 0.1) is 6.92 Å². The van der Waals surface area contributed by atoms with Crippen LogP contribution < -0.4 is 4.90 Å². The number of aryl methyl sites for hydroxylation is 1. The molecule has 1 aromatic rings. The fourth-order valence-electron chi connectivity index (χ4n) is 2.44. The lowest BCUT2D eigenvalue weighted by atomic mass is 10.2. The first-order valence-corrected chi connectivity index (χ1v) is 6.95. The first kappa shape index (κ1) is 13.6. The smallest absolute Gasteiger partial charge is 0.137 e. The van der Waals surface area contributed by atoms with E-state index in [1.807, 2.05) is 6.92 Å². The summed E-state index contributed by atoms with van der Waals surface area (Å²) in [5.41, 5.74) is 0.914. The van der Waals surface area contributed by atoms with Gasteiger partial charge in [-0.2, -0.15) is 0 Å². The number of aromatic nitrogens is 2. The number of rotatable bonds is 4. The Balaban J connectivity index is 2.36. The van der Waals surface area contributed by atoms with Crippen molar-refractivity contribution in [2.45, 2.75) is 45.6 Å². The third-order valence-electron chi connectivity index (χ3n) is 3.44. The molecular weight excluding hydrogens is 250 g/mol. The summed E-state index contributed by atoms with van der Waals surface area (Å²) < 4.78 is 0. The zero-order chi connectivity index (χ0) is 13.1. The molecule has 0 aliphatic carbocycles. The fraction of sp³-hybridized carbons (Fsp3) is 0.692. The van der Waals surface area contributed by atoms with Crippen LogP contribution in [0.15, 0.2) is 0 Å². The lowest BCUT2D eigenvalue weighted by Gasteiger charge is -2.26. The van der Waals surface area contributed by atoms with Gasteiger partial charge in [-0.25, -0.2) is 9.97 Å². The van der Waals surface area contributed by atoms with Crippen LogP contribution in [0.2, 0.25) is 5.15 Å². The second-order valence-corrected chi connectivity index (χ2v) is 5.16. The van der Waals surface area contributed by atoms with Crippen LogP contribution in [0.5, 0.6) is 0 Å². The summed E-state index contributed by atoms with van der Waals surface area (Å²) >= 11 is 6.18. The minimum Gasteiger partial charge on any atom is -0.394 e. The molecular formula is C13H20ClN3O. The van der Waals surface area contributed by atoms with Crippen molar-refractivity contribution in [1.82, 2.24) is 9.97 Å². The van der Waals surface area contributed by atoms with E-state index in [9.17, 15) is 5.11 Å². The van der Waals surface area contributed by atoms with E-state index in [4.69, 9.17) is 11.6 Å². The molecule has 0 radical (unpaired) electrons. The average molecular weight is 270 g/mol. The largest absolute Gasteiger partial charge is 0.394 e. The lowest BCUT2D eigenvalue weighted by molar-refractivity contribution is 0.266. The molecule has 1 aromatic heterocycles. The molecule has 0 bridgehead atoms. The Morgan fingerprint density at radius 3 is 2.89 bits per heavy atom. The predicted octanol–water partition coefficient (Wildman–Crippen LogP) is 2.35. The van der Waals surface area contributed by atoms with Gasteiger partial charge in [0.2, 0.25) is 0 Å². The van der Waals surface area contributed by atoms with Gasteiger partial charge in [-0.3, -0.25) is 0 Å². The molecule has 0 aromatic carbocycles. The molecule has 1 saturated heterocycles. The summed E-state index contributed by atoms with van der Waals surface area (Å²) in [6.07, 6.45) is 3.95. The fourth-order valence-corrected chi connectivity index (χ4v) is 2.62. The molecule has 1 aliphatic heterocycles. The van der Waals surface area contributed by atoms with Crippen molar-refractivity contribution >= 4 is 17.4 Å². The van der Waals surface area contributed by atoms with E-state index in [1.54, 1.807) is 0 Å². The Bertz CT molecular complexity index is 425. The Morgan fingerprint density at radius 1 is 1.44 bits per heavy atom. The van der Waals surface area contributed by atoms with Gasteiger partial charge in [0.25, 0.3) is 0 Å². The normalized spacial score (nSPS) is 19.6. The molecule has 18 heavy (non-hydrogen) atoms. The molecule has 2 rings (SSSR count). The summed E-state index contributed by atoms with van der Waals surface area (Å²) in [6, 6.07) is 0.171. The zero-order valence-electron chi connectivity index (χ0n) is 11.0. The van der Waals surface area contributed by atoms with Gasteiger partial charge in [0, 0.05) is 18.5 Å². The average Bonchev–Trinajstić information content (AvgIpc) is 2.82. The monoisotopic (exact) mass is 269 g/mol. The van der Waals surface area contributed by atoms with Crippen LogP contribution >= 0.6 is 11.6 Å². The van der Waals surface area contributed by atoms with Crippen LogP contribution in [0.3, 0.4) is 0 Å². The Labute approximate surface area is 113 Å². The molecule has 1 atom stereocenters. The van der Waals surface area contributed by atoms with Crippen LogP contribution in [0.1, 0.15) is 37.6 Å². The molecule has 0 amide bonds. The highest BCUT2D eigenvalue weighted by molar-refractivity contribution is 6.30. The molecule has 5 heteroatoms. The molecule has 1 unspecified atom stereocenters. The van der Waals surface area contributed by atoms with Crippen molar-refractivity contribution < 1.29 is 5.11 Å². The third-order valence-corrected chi connectivity index (χ3v) is 3.81. The van der Waals surface area contributed by atoms with Crippen molar-refractivity contribution in [3.63, 3.8) is 0 Å². The van der Waals surface area contributed by atoms with Crippen LogP contribution in [0.25, 0.3) is 0 Å².